The van der Waals surface area contributed by atoms with Crippen molar-refractivity contribution in [2.45, 2.75) is 37.5 Å². The number of ketones is 1. The van der Waals surface area contributed by atoms with E-state index < -0.39 is 15.9 Å². The Kier molecular flexibility index (Phi) is 6.12. The Labute approximate surface area is 186 Å². The quantitative estimate of drug-likeness (QED) is 0.421. The maximum atomic E-state index is 12.9. The first-order chi connectivity index (χ1) is 15.2. The highest BCUT2D eigenvalue weighted by molar-refractivity contribution is 7.89. The summed E-state index contributed by atoms with van der Waals surface area (Å²) in [6.45, 7) is 1.86. The highest BCUT2D eigenvalue weighted by Crippen LogP contribution is 2.29. The number of nitrogens with zero attached hydrogens (tertiary/aromatic N) is 1. The summed E-state index contributed by atoms with van der Waals surface area (Å²) in [5, 5.41) is 2.79. The van der Waals surface area contributed by atoms with Crippen molar-refractivity contribution >= 4 is 33.4 Å². The first-order valence-electron chi connectivity index (χ1n) is 10.5. The predicted molar refractivity (Wildman–Crippen MR) is 117 cm³/mol. The number of hydrogen-bond acceptors (Lipinski definition) is 6. The second kappa shape index (κ2) is 8.84. The van der Waals surface area contributed by atoms with Crippen LogP contribution >= 0.6 is 0 Å². The van der Waals surface area contributed by atoms with E-state index >= 15 is 0 Å². The average Bonchev–Trinajstić information content (AvgIpc) is 2.79. The van der Waals surface area contributed by atoms with Gasteiger partial charge in [0, 0.05) is 30.8 Å². The summed E-state index contributed by atoms with van der Waals surface area (Å²) < 4.78 is 32.7. The van der Waals surface area contributed by atoms with E-state index in [0.717, 1.165) is 11.3 Å². The smallest absolute Gasteiger partial charge is 0.314 e. The molecular formula is C23H24N2O6S. The molecule has 2 aliphatic heterocycles. The molecule has 32 heavy (non-hydrogen) atoms. The van der Waals surface area contributed by atoms with Crippen LogP contribution in [0.5, 0.6) is 5.75 Å². The van der Waals surface area contributed by atoms with E-state index in [1.54, 1.807) is 18.2 Å². The number of anilines is 1. The van der Waals surface area contributed by atoms with Crippen LogP contribution in [0.4, 0.5) is 5.69 Å². The predicted octanol–water partition coefficient (Wildman–Crippen LogP) is 2.78. The minimum Gasteiger partial charge on any atom is -0.426 e. The van der Waals surface area contributed by atoms with Crippen LogP contribution in [0.1, 0.15) is 42.1 Å². The van der Waals surface area contributed by atoms with E-state index in [1.165, 1.54) is 35.5 Å². The molecule has 0 unspecified atom stereocenters. The van der Waals surface area contributed by atoms with Crippen LogP contribution in [0.3, 0.4) is 0 Å². The fourth-order valence-electron chi connectivity index (χ4n) is 3.97. The molecule has 0 radical (unpaired) electrons. The summed E-state index contributed by atoms with van der Waals surface area (Å²) in [7, 11) is -3.69. The molecule has 1 amide bonds. The summed E-state index contributed by atoms with van der Waals surface area (Å²) >= 11 is 0. The summed E-state index contributed by atoms with van der Waals surface area (Å²) in [6, 6.07) is 11.0. The molecule has 2 aromatic rings. The molecule has 0 atom stereocenters. The number of piperidine rings is 1. The van der Waals surface area contributed by atoms with E-state index in [1.807, 2.05) is 0 Å². The van der Waals surface area contributed by atoms with Gasteiger partial charge in [0.25, 0.3) is 0 Å². The molecule has 1 fully saturated rings. The zero-order valence-corrected chi connectivity index (χ0v) is 18.5. The Hall–Kier alpha value is -3.04. The van der Waals surface area contributed by atoms with E-state index in [4.69, 9.17) is 4.74 Å². The Morgan fingerprint density at radius 2 is 1.72 bits per heavy atom. The lowest BCUT2D eigenvalue weighted by molar-refractivity contribution is -0.140. The Bertz CT molecular complexity index is 1170. The molecular weight excluding hydrogens is 432 g/mol. The fraction of sp³-hybridized carbons (Fsp3) is 0.348. The molecule has 0 spiro atoms. The molecule has 0 aliphatic carbocycles. The summed E-state index contributed by atoms with van der Waals surface area (Å²) in [5.41, 5.74) is 2.11. The third kappa shape index (κ3) is 4.58. The second-order valence-electron chi connectivity index (χ2n) is 8.05. The molecule has 0 bridgehead atoms. The lowest BCUT2D eigenvalue weighted by Gasteiger charge is -2.30. The molecule has 2 heterocycles. The van der Waals surface area contributed by atoms with Gasteiger partial charge in [0.15, 0.2) is 5.78 Å². The Morgan fingerprint density at radius 3 is 2.38 bits per heavy atom. The van der Waals surface area contributed by atoms with Crippen molar-refractivity contribution in [3.8, 4) is 5.75 Å². The highest BCUT2D eigenvalue weighted by Gasteiger charge is 2.33. The van der Waals surface area contributed by atoms with E-state index in [0.29, 0.717) is 37.0 Å². The largest absolute Gasteiger partial charge is 0.426 e. The molecule has 8 nitrogen and oxygen atoms in total. The van der Waals surface area contributed by atoms with Crippen molar-refractivity contribution < 1.29 is 27.5 Å². The van der Waals surface area contributed by atoms with Crippen LogP contribution in [0.25, 0.3) is 0 Å². The number of ether oxygens (including phenoxy) is 1. The minimum absolute atomic E-state index is 0.0289. The molecule has 9 heteroatoms. The number of nitrogens with one attached hydrogen (secondary N) is 1. The Morgan fingerprint density at radius 1 is 1.03 bits per heavy atom. The minimum atomic E-state index is -3.69. The van der Waals surface area contributed by atoms with Gasteiger partial charge in [0.2, 0.25) is 15.9 Å². The number of carbonyl (C=O) groups is 3. The van der Waals surface area contributed by atoms with Gasteiger partial charge < -0.3 is 10.1 Å². The number of aryl methyl sites for hydroxylation is 1. The van der Waals surface area contributed by atoms with Gasteiger partial charge >= 0.3 is 5.97 Å². The van der Waals surface area contributed by atoms with Crippen molar-refractivity contribution in [1.82, 2.24) is 4.31 Å². The molecule has 2 aliphatic rings. The number of carbonyl (C=O) groups excluding carboxylic acids is 3. The molecule has 168 valence electrons. The first kappa shape index (κ1) is 22.2. The van der Waals surface area contributed by atoms with Crippen molar-refractivity contribution in [2.24, 2.45) is 5.92 Å². The lowest BCUT2D eigenvalue weighted by Crippen LogP contribution is -2.41. The van der Waals surface area contributed by atoms with E-state index in [2.05, 4.69) is 5.32 Å². The van der Waals surface area contributed by atoms with Gasteiger partial charge in [-0.15, -0.1) is 0 Å². The third-order valence-electron chi connectivity index (χ3n) is 5.88. The zero-order chi connectivity index (χ0) is 22.9. The lowest BCUT2D eigenvalue weighted by atomic mass is 9.98. The standard InChI is InChI=1S/C23H24N2O6S/c1-15(26)16-2-6-20(7-3-16)32(29,30)25-12-10-17(11-13-25)23(28)31-19-5-8-21-18(14-19)4-9-22(27)24-21/h2-3,5-8,14,17H,4,9-13H2,1H3,(H,24,27). The number of sulfonamides is 1. The number of amides is 1. The van der Waals surface area contributed by atoms with Crippen molar-refractivity contribution in [3.05, 3.63) is 53.6 Å². The molecule has 2 aromatic carbocycles. The van der Waals surface area contributed by atoms with E-state index in [9.17, 15) is 22.8 Å². The number of hydrogen-bond donors (Lipinski definition) is 1. The number of Topliss-reactive ketones (excluding diaryl/α,β-unsaturated/α-hetero) is 1. The first-order valence-corrected chi connectivity index (χ1v) is 11.9. The number of rotatable bonds is 5. The van der Waals surface area contributed by atoms with Gasteiger partial charge in [-0.05, 0) is 62.1 Å². The van der Waals surface area contributed by atoms with Crippen LogP contribution in [0, 0.1) is 5.92 Å². The summed E-state index contributed by atoms with van der Waals surface area (Å²) in [5.74, 6) is -0.508. The van der Waals surface area contributed by atoms with Crippen molar-refractivity contribution in [1.29, 1.82) is 0 Å². The summed E-state index contributed by atoms with van der Waals surface area (Å²) in [6.07, 6.45) is 1.72. The second-order valence-corrected chi connectivity index (χ2v) is 9.99. The van der Waals surface area contributed by atoms with Crippen molar-refractivity contribution in [2.75, 3.05) is 18.4 Å². The van der Waals surface area contributed by atoms with Crippen LogP contribution in [-0.4, -0.2) is 43.5 Å². The maximum absolute atomic E-state index is 12.9. The topological polar surface area (TPSA) is 110 Å². The van der Waals surface area contributed by atoms with Crippen LogP contribution in [-0.2, 0) is 26.0 Å². The molecule has 1 N–H and O–H groups in total. The van der Waals surface area contributed by atoms with Gasteiger partial charge in [-0.25, -0.2) is 8.42 Å². The fourth-order valence-corrected chi connectivity index (χ4v) is 5.43. The van der Waals surface area contributed by atoms with Crippen LogP contribution in [0.2, 0.25) is 0 Å². The van der Waals surface area contributed by atoms with Crippen molar-refractivity contribution in [3.63, 3.8) is 0 Å². The molecule has 1 saturated heterocycles. The molecule has 4 rings (SSSR count). The zero-order valence-electron chi connectivity index (χ0n) is 17.7. The van der Waals surface area contributed by atoms with Gasteiger partial charge in [-0.2, -0.15) is 4.31 Å². The van der Waals surface area contributed by atoms with Crippen LogP contribution in [0.15, 0.2) is 47.4 Å². The third-order valence-corrected chi connectivity index (χ3v) is 7.79. The normalized spacial score (nSPS) is 17.3. The average molecular weight is 457 g/mol. The molecule has 0 saturated carbocycles. The monoisotopic (exact) mass is 456 g/mol. The van der Waals surface area contributed by atoms with Gasteiger partial charge in [-0.1, -0.05) is 12.1 Å². The van der Waals surface area contributed by atoms with Gasteiger partial charge in [0.05, 0.1) is 10.8 Å². The van der Waals surface area contributed by atoms with E-state index in [-0.39, 0.29) is 35.6 Å². The number of fused-ring (bicyclic) bond motifs is 1. The molecule has 0 aromatic heterocycles. The van der Waals surface area contributed by atoms with Gasteiger partial charge in [-0.3, -0.25) is 14.4 Å². The van der Waals surface area contributed by atoms with Crippen LogP contribution < -0.4 is 10.1 Å². The highest BCUT2D eigenvalue weighted by atomic mass is 32.2. The number of esters is 1. The summed E-state index contributed by atoms with van der Waals surface area (Å²) in [4.78, 5) is 35.6. The van der Waals surface area contributed by atoms with Gasteiger partial charge in [0.1, 0.15) is 5.75 Å². The maximum Gasteiger partial charge on any atom is 0.314 e. The number of benzene rings is 2. The SMILES string of the molecule is CC(=O)c1ccc(S(=O)(=O)N2CCC(C(=O)Oc3ccc4c(c3)CCC(=O)N4)CC2)cc1. The Balaban J connectivity index is 1.36.